The average molecular weight is 218 g/mol. The molecule has 0 aliphatic carbocycles. The van der Waals surface area contributed by atoms with Crippen LogP contribution in [0.15, 0.2) is 42.7 Å². The van der Waals surface area contributed by atoms with E-state index in [0.717, 1.165) is 11.3 Å². The number of methoxy groups -OCH3 is 1. The van der Waals surface area contributed by atoms with E-state index in [4.69, 9.17) is 4.74 Å². The summed E-state index contributed by atoms with van der Waals surface area (Å²) in [6.45, 7) is 0. The lowest BCUT2D eigenvalue weighted by Gasteiger charge is -2.00. The van der Waals surface area contributed by atoms with E-state index in [1.54, 1.807) is 43.6 Å². The highest BCUT2D eigenvalue weighted by Gasteiger charge is 1.98. The van der Waals surface area contributed by atoms with Crippen molar-refractivity contribution in [2.24, 2.45) is 0 Å². The maximum Gasteiger partial charge on any atom is 0.214 e. The Balaban J connectivity index is 2.22. The van der Waals surface area contributed by atoms with E-state index in [9.17, 15) is 4.39 Å². The minimum atomic E-state index is -0.421. The van der Waals surface area contributed by atoms with E-state index in [0.29, 0.717) is 0 Å². The first-order valence-corrected chi connectivity index (χ1v) is 4.81. The Morgan fingerprint density at radius 2 is 2.12 bits per heavy atom. The van der Waals surface area contributed by atoms with Crippen LogP contribution < -0.4 is 4.74 Å². The zero-order valence-electron chi connectivity index (χ0n) is 8.80. The van der Waals surface area contributed by atoms with Crippen LogP contribution in [0.1, 0.15) is 5.56 Å². The number of ether oxygens (including phenoxy) is 1. The Morgan fingerprint density at radius 3 is 2.69 bits per heavy atom. The fourth-order valence-electron chi connectivity index (χ4n) is 1.30. The van der Waals surface area contributed by atoms with Crippen molar-refractivity contribution in [1.82, 2.24) is 9.78 Å². The highest BCUT2D eigenvalue weighted by Crippen LogP contribution is 2.15. The van der Waals surface area contributed by atoms with Gasteiger partial charge in [0, 0.05) is 18.5 Å². The van der Waals surface area contributed by atoms with Crippen LogP contribution in [-0.2, 0) is 0 Å². The van der Waals surface area contributed by atoms with Gasteiger partial charge in [0.2, 0.25) is 5.95 Å². The molecular formula is C12H11FN2O. The summed E-state index contributed by atoms with van der Waals surface area (Å²) in [5, 5.41) is 3.79. The van der Waals surface area contributed by atoms with Gasteiger partial charge in [-0.1, -0.05) is 12.1 Å². The summed E-state index contributed by atoms with van der Waals surface area (Å²) in [6.07, 6.45) is 4.49. The molecule has 0 bridgehead atoms. The van der Waals surface area contributed by atoms with E-state index in [-0.39, 0.29) is 0 Å². The van der Waals surface area contributed by atoms with Crippen molar-refractivity contribution in [2.75, 3.05) is 7.11 Å². The van der Waals surface area contributed by atoms with E-state index < -0.39 is 5.95 Å². The number of nitrogens with zero attached hydrogens (tertiary/aromatic N) is 2. The van der Waals surface area contributed by atoms with Gasteiger partial charge in [0.05, 0.1) is 7.11 Å². The van der Waals surface area contributed by atoms with E-state index >= 15 is 0 Å². The van der Waals surface area contributed by atoms with Crippen molar-refractivity contribution in [3.05, 3.63) is 48.3 Å². The van der Waals surface area contributed by atoms with E-state index in [2.05, 4.69) is 5.10 Å². The lowest BCUT2D eigenvalue weighted by atomic mass is 10.2. The number of aromatic nitrogens is 2. The zero-order valence-corrected chi connectivity index (χ0v) is 8.80. The molecule has 1 heterocycles. The molecule has 0 aliphatic heterocycles. The van der Waals surface area contributed by atoms with Crippen LogP contribution in [0.2, 0.25) is 0 Å². The maximum absolute atomic E-state index is 13.6. The Morgan fingerprint density at radius 1 is 1.38 bits per heavy atom. The molecule has 16 heavy (non-hydrogen) atoms. The molecule has 0 amide bonds. The second-order valence-electron chi connectivity index (χ2n) is 3.19. The van der Waals surface area contributed by atoms with Crippen molar-refractivity contribution >= 4 is 12.0 Å². The third kappa shape index (κ3) is 2.28. The predicted molar refractivity (Wildman–Crippen MR) is 60.5 cm³/mol. The molecule has 0 atom stereocenters. The van der Waals surface area contributed by atoms with Gasteiger partial charge in [-0.15, -0.1) is 0 Å². The standard InChI is InChI=1S/C12H11FN2O/c1-16-11-5-3-10(4-6-11)9-12(13)15-8-2-7-14-15/h2-9H,1H3/b12-9-. The molecule has 0 saturated carbocycles. The smallest absolute Gasteiger partial charge is 0.214 e. The molecular weight excluding hydrogens is 207 g/mol. The van der Waals surface area contributed by atoms with Crippen molar-refractivity contribution in [3.63, 3.8) is 0 Å². The summed E-state index contributed by atoms with van der Waals surface area (Å²) in [7, 11) is 1.59. The molecule has 0 spiro atoms. The summed E-state index contributed by atoms with van der Waals surface area (Å²) in [6, 6.07) is 8.79. The Labute approximate surface area is 92.8 Å². The van der Waals surface area contributed by atoms with Gasteiger partial charge in [0.25, 0.3) is 0 Å². The molecule has 3 nitrogen and oxygen atoms in total. The normalized spacial score (nSPS) is 11.5. The number of halogens is 1. The Hall–Kier alpha value is -2.10. The van der Waals surface area contributed by atoms with Crippen LogP contribution in [0.3, 0.4) is 0 Å². The summed E-state index contributed by atoms with van der Waals surface area (Å²) in [4.78, 5) is 0. The lowest BCUT2D eigenvalue weighted by Crippen LogP contribution is -1.91. The monoisotopic (exact) mass is 218 g/mol. The highest BCUT2D eigenvalue weighted by atomic mass is 19.1. The first-order valence-electron chi connectivity index (χ1n) is 4.81. The first-order chi connectivity index (χ1) is 7.79. The third-order valence-electron chi connectivity index (χ3n) is 2.12. The lowest BCUT2D eigenvalue weighted by molar-refractivity contribution is 0.415. The Kier molecular flexibility index (Phi) is 3.00. The van der Waals surface area contributed by atoms with E-state index in [1.807, 2.05) is 0 Å². The molecule has 0 fully saturated rings. The van der Waals surface area contributed by atoms with Crippen LogP contribution in [0, 0.1) is 0 Å². The van der Waals surface area contributed by atoms with Crippen LogP contribution in [0.5, 0.6) is 5.75 Å². The van der Waals surface area contributed by atoms with Crippen LogP contribution in [0.25, 0.3) is 12.0 Å². The number of rotatable bonds is 3. The summed E-state index contributed by atoms with van der Waals surface area (Å²) >= 11 is 0. The van der Waals surface area contributed by atoms with Crippen molar-refractivity contribution < 1.29 is 9.13 Å². The van der Waals surface area contributed by atoms with Crippen LogP contribution in [0.4, 0.5) is 4.39 Å². The summed E-state index contributed by atoms with van der Waals surface area (Å²) in [5.74, 6) is 0.326. The predicted octanol–water partition coefficient (Wildman–Crippen LogP) is 2.82. The summed E-state index contributed by atoms with van der Waals surface area (Å²) in [5.41, 5.74) is 0.758. The number of benzene rings is 1. The molecule has 4 heteroatoms. The minimum absolute atomic E-state index is 0.421. The zero-order chi connectivity index (χ0) is 11.4. The van der Waals surface area contributed by atoms with E-state index in [1.165, 1.54) is 17.0 Å². The van der Waals surface area contributed by atoms with Gasteiger partial charge in [0.1, 0.15) is 5.75 Å². The number of hydrogen-bond acceptors (Lipinski definition) is 2. The fraction of sp³-hybridized carbons (Fsp3) is 0.0833. The van der Waals surface area contributed by atoms with Gasteiger partial charge in [0.15, 0.2) is 0 Å². The molecule has 2 rings (SSSR count). The van der Waals surface area contributed by atoms with Crippen molar-refractivity contribution in [3.8, 4) is 5.75 Å². The molecule has 0 unspecified atom stereocenters. The van der Waals surface area contributed by atoms with Gasteiger partial charge in [-0.2, -0.15) is 9.49 Å². The second-order valence-corrected chi connectivity index (χ2v) is 3.19. The van der Waals surface area contributed by atoms with Crippen LogP contribution >= 0.6 is 0 Å². The topological polar surface area (TPSA) is 27.1 Å². The quantitative estimate of drug-likeness (QED) is 0.792. The average Bonchev–Trinajstić information content (AvgIpc) is 2.83. The van der Waals surface area contributed by atoms with Gasteiger partial charge < -0.3 is 4.74 Å². The fourth-order valence-corrected chi connectivity index (χ4v) is 1.30. The molecule has 0 radical (unpaired) electrons. The van der Waals surface area contributed by atoms with Crippen molar-refractivity contribution in [1.29, 1.82) is 0 Å². The van der Waals surface area contributed by atoms with Gasteiger partial charge >= 0.3 is 0 Å². The molecule has 0 N–H and O–H groups in total. The van der Waals surface area contributed by atoms with Gasteiger partial charge in [-0.3, -0.25) is 0 Å². The van der Waals surface area contributed by atoms with Crippen LogP contribution in [-0.4, -0.2) is 16.9 Å². The molecule has 1 aromatic heterocycles. The molecule has 1 aromatic carbocycles. The number of hydrogen-bond donors (Lipinski definition) is 0. The highest BCUT2D eigenvalue weighted by molar-refractivity contribution is 5.66. The SMILES string of the molecule is COc1ccc(/C=C(/F)n2cccn2)cc1. The molecule has 0 aliphatic rings. The van der Waals surface area contributed by atoms with Crippen molar-refractivity contribution in [2.45, 2.75) is 0 Å². The molecule has 2 aromatic rings. The molecule has 0 saturated heterocycles. The Bertz CT molecular complexity index is 474. The third-order valence-corrected chi connectivity index (χ3v) is 2.12. The molecule has 82 valence electrons. The second kappa shape index (κ2) is 4.61. The van der Waals surface area contributed by atoms with Gasteiger partial charge in [-0.25, -0.2) is 4.68 Å². The van der Waals surface area contributed by atoms with Gasteiger partial charge in [-0.05, 0) is 23.8 Å². The maximum atomic E-state index is 13.6. The summed E-state index contributed by atoms with van der Waals surface area (Å²) < 4.78 is 19.8. The minimum Gasteiger partial charge on any atom is -0.497 e. The first kappa shape index (κ1) is 10.4. The largest absolute Gasteiger partial charge is 0.497 e.